The zero-order chi connectivity index (χ0) is 21.5. The number of fused-ring (bicyclic) bond motifs is 1. The van der Waals surface area contributed by atoms with E-state index in [-0.39, 0.29) is 17.5 Å². The topological polar surface area (TPSA) is 64.4 Å². The van der Waals surface area contributed by atoms with E-state index in [0.717, 1.165) is 11.3 Å². The van der Waals surface area contributed by atoms with E-state index in [0.29, 0.717) is 49.3 Å². The van der Waals surface area contributed by atoms with Crippen LogP contribution in [0, 0.1) is 0 Å². The van der Waals surface area contributed by atoms with Gasteiger partial charge in [-0.2, -0.15) is 0 Å². The number of benzene rings is 1. The number of hydrogen-bond acceptors (Lipinski definition) is 5. The number of carbonyl (C=O) groups is 1. The standard InChI is InChI=1S/C23H29N3O3S/c1-4-12-25(21(27)16-17-9-8-15-30-17)20(5-2)22-24-19-11-7-6-10-18(19)23(28)26(22)13-14-29-3/h6-11,15,20H,4-5,12-14,16H2,1-3H3. The summed E-state index contributed by atoms with van der Waals surface area (Å²) in [5.74, 6) is 0.693. The second-order valence-corrected chi connectivity index (χ2v) is 8.24. The van der Waals surface area contributed by atoms with Crippen molar-refractivity contribution in [1.29, 1.82) is 0 Å². The normalized spacial score (nSPS) is 12.2. The average molecular weight is 428 g/mol. The number of rotatable bonds is 10. The molecule has 2 aromatic heterocycles. The first-order chi connectivity index (χ1) is 14.6. The third-order valence-electron chi connectivity index (χ3n) is 5.16. The van der Waals surface area contributed by atoms with Crippen LogP contribution in [0.15, 0.2) is 46.6 Å². The van der Waals surface area contributed by atoms with E-state index in [1.807, 2.05) is 47.5 Å². The van der Waals surface area contributed by atoms with Crippen LogP contribution < -0.4 is 5.56 Å². The summed E-state index contributed by atoms with van der Waals surface area (Å²) in [6, 6.07) is 11.0. The first-order valence-corrected chi connectivity index (χ1v) is 11.3. The molecule has 1 atom stereocenters. The van der Waals surface area contributed by atoms with E-state index in [2.05, 4.69) is 6.92 Å². The van der Waals surface area contributed by atoms with Crippen LogP contribution in [-0.4, -0.2) is 40.6 Å². The van der Waals surface area contributed by atoms with Crippen molar-refractivity contribution in [3.8, 4) is 0 Å². The molecule has 6 nitrogen and oxygen atoms in total. The fourth-order valence-electron chi connectivity index (χ4n) is 3.74. The fourth-order valence-corrected chi connectivity index (χ4v) is 4.44. The van der Waals surface area contributed by atoms with Gasteiger partial charge in [0, 0.05) is 18.5 Å². The Morgan fingerprint density at radius 2 is 2.03 bits per heavy atom. The van der Waals surface area contributed by atoms with Gasteiger partial charge < -0.3 is 9.64 Å². The smallest absolute Gasteiger partial charge is 0.261 e. The predicted molar refractivity (Wildman–Crippen MR) is 121 cm³/mol. The molecular formula is C23H29N3O3S. The van der Waals surface area contributed by atoms with Gasteiger partial charge in [-0.15, -0.1) is 11.3 Å². The Hall–Kier alpha value is -2.51. The van der Waals surface area contributed by atoms with Gasteiger partial charge in [-0.3, -0.25) is 14.2 Å². The summed E-state index contributed by atoms with van der Waals surface area (Å²) < 4.78 is 6.92. The third kappa shape index (κ3) is 4.79. The second kappa shape index (κ2) is 10.5. The number of hydrogen-bond donors (Lipinski definition) is 0. The molecule has 0 saturated heterocycles. The maximum absolute atomic E-state index is 13.2. The van der Waals surface area contributed by atoms with Gasteiger partial charge >= 0.3 is 0 Å². The Balaban J connectivity index is 2.07. The third-order valence-corrected chi connectivity index (χ3v) is 6.04. The summed E-state index contributed by atoms with van der Waals surface area (Å²) in [7, 11) is 1.62. The van der Waals surface area contributed by atoms with E-state index in [9.17, 15) is 9.59 Å². The molecular weight excluding hydrogens is 398 g/mol. The van der Waals surface area contributed by atoms with Crippen LogP contribution in [0.25, 0.3) is 10.9 Å². The van der Waals surface area contributed by atoms with Crippen molar-refractivity contribution in [1.82, 2.24) is 14.5 Å². The average Bonchev–Trinajstić information content (AvgIpc) is 3.26. The van der Waals surface area contributed by atoms with Crippen molar-refractivity contribution in [2.24, 2.45) is 0 Å². The lowest BCUT2D eigenvalue weighted by atomic mass is 10.1. The van der Waals surface area contributed by atoms with Crippen molar-refractivity contribution in [2.75, 3.05) is 20.3 Å². The number of ether oxygens (including phenoxy) is 1. The maximum atomic E-state index is 13.2. The predicted octanol–water partition coefficient (Wildman–Crippen LogP) is 4.04. The van der Waals surface area contributed by atoms with Crippen LogP contribution in [-0.2, 0) is 22.5 Å². The van der Waals surface area contributed by atoms with Gasteiger partial charge in [-0.1, -0.05) is 32.0 Å². The van der Waals surface area contributed by atoms with Crippen LogP contribution in [0.5, 0.6) is 0 Å². The molecule has 2 heterocycles. The molecule has 0 saturated carbocycles. The van der Waals surface area contributed by atoms with Crippen molar-refractivity contribution < 1.29 is 9.53 Å². The Bertz CT molecular complexity index is 1030. The highest BCUT2D eigenvalue weighted by molar-refractivity contribution is 7.10. The highest BCUT2D eigenvalue weighted by Crippen LogP contribution is 2.25. The summed E-state index contributed by atoms with van der Waals surface area (Å²) in [4.78, 5) is 34.3. The summed E-state index contributed by atoms with van der Waals surface area (Å²) in [5, 5.41) is 2.57. The Morgan fingerprint density at radius 3 is 2.70 bits per heavy atom. The number of thiophene rings is 1. The molecule has 0 aliphatic rings. The molecule has 1 unspecified atom stereocenters. The van der Waals surface area contributed by atoms with Crippen molar-refractivity contribution in [3.05, 3.63) is 62.8 Å². The fraction of sp³-hybridized carbons (Fsp3) is 0.435. The zero-order valence-electron chi connectivity index (χ0n) is 17.8. The minimum Gasteiger partial charge on any atom is -0.383 e. The number of amides is 1. The van der Waals surface area contributed by atoms with Gasteiger partial charge in [0.05, 0.1) is 36.5 Å². The summed E-state index contributed by atoms with van der Waals surface area (Å²) >= 11 is 1.59. The van der Waals surface area contributed by atoms with Gasteiger partial charge in [0.15, 0.2) is 0 Å². The number of nitrogens with zero attached hydrogens (tertiary/aromatic N) is 3. The molecule has 3 rings (SSSR count). The quantitative estimate of drug-likeness (QED) is 0.490. The van der Waals surface area contributed by atoms with Gasteiger partial charge in [-0.25, -0.2) is 4.98 Å². The Kier molecular flexibility index (Phi) is 7.76. The SMILES string of the molecule is CCCN(C(=O)Cc1cccs1)C(CC)c1nc2ccccc2c(=O)n1CCOC. The molecule has 160 valence electrons. The molecule has 7 heteroatoms. The minimum absolute atomic E-state index is 0.0619. The van der Waals surface area contributed by atoms with Crippen LogP contribution in [0.3, 0.4) is 0 Å². The molecule has 1 amide bonds. The molecule has 0 radical (unpaired) electrons. The minimum atomic E-state index is -0.272. The van der Waals surface area contributed by atoms with Crippen LogP contribution in [0.1, 0.15) is 43.4 Å². The van der Waals surface area contributed by atoms with E-state index in [1.165, 1.54) is 0 Å². The zero-order valence-corrected chi connectivity index (χ0v) is 18.7. The lowest BCUT2D eigenvalue weighted by molar-refractivity contribution is -0.133. The Labute approximate surface area is 181 Å². The monoisotopic (exact) mass is 427 g/mol. The summed E-state index contributed by atoms with van der Waals surface area (Å²) in [6.45, 7) is 5.52. The lowest BCUT2D eigenvalue weighted by Crippen LogP contribution is -2.40. The number of aromatic nitrogens is 2. The molecule has 0 N–H and O–H groups in total. The van der Waals surface area contributed by atoms with Gasteiger partial charge in [0.1, 0.15) is 5.82 Å². The number of carbonyl (C=O) groups excluding carboxylic acids is 1. The molecule has 0 bridgehead atoms. The van der Waals surface area contributed by atoms with E-state index in [1.54, 1.807) is 29.1 Å². The molecule has 0 aliphatic heterocycles. The van der Waals surface area contributed by atoms with Crippen LogP contribution in [0.2, 0.25) is 0 Å². The summed E-state index contributed by atoms with van der Waals surface area (Å²) in [6.07, 6.45) is 1.88. The molecule has 3 aromatic rings. The van der Waals surface area contributed by atoms with Crippen molar-refractivity contribution in [2.45, 2.75) is 45.7 Å². The van der Waals surface area contributed by atoms with E-state index in [4.69, 9.17) is 9.72 Å². The lowest BCUT2D eigenvalue weighted by Gasteiger charge is -2.32. The highest BCUT2D eigenvalue weighted by Gasteiger charge is 2.28. The maximum Gasteiger partial charge on any atom is 0.261 e. The largest absolute Gasteiger partial charge is 0.383 e. The molecule has 0 spiro atoms. The van der Waals surface area contributed by atoms with Crippen LogP contribution >= 0.6 is 11.3 Å². The summed E-state index contributed by atoms with van der Waals surface area (Å²) in [5.41, 5.74) is 0.569. The molecule has 1 aromatic carbocycles. The Morgan fingerprint density at radius 1 is 1.23 bits per heavy atom. The number of para-hydroxylation sites is 1. The molecule has 30 heavy (non-hydrogen) atoms. The highest BCUT2D eigenvalue weighted by atomic mass is 32.1. The first-order valence-electron chi connectivity index (χ1n) is 10.4. The van der Waals surface area contributed by atoms with Crippen molar-refractivity contribution in [3.63, 3.8) is 0 Å². The molecule has 0 aliphatic carbocycles. The van der Waals surface area contributed by atoms with E-state index < -0.39 is 0 Å². The van der Waals surface area contributed by atoms with Gasteiger partial charge in [0.25, 0.3) is 5.56 Å². The van der Waals surface area contributed by atoms with Crippen LogP contribution in [0.4, 0.5) is 0 Å². The molecule has 0 fully saturated rings. The van der Waals surface area contributed by atoms with Gasteiger partial charge in [-0.05, 0) is 36.4 Å². The van der Waals surface area contributed by atoms with E-state index >= 15 is 0 Å². The van der Waals surface area contributed by atoms with Gasteiger partial charge in [0.2, 0.25) is 5.91 Å². The van der Waals surface area contributed by atoms with Crippen molar-refractivity contribution >= 4 is 28.1 Å². The first kappa shape index (κ1) is 22.2. The second-order valence-electron chi connectivity index (χ2n) is 7.20. The number of methoxy groups -OCH3 is 1.